The predicted molar refractivity (Wildman–Crippen MR) is 74.6 cm³/mol. The smallest absolute Gasteiger partial charge is 0.305 e. The van der Waals surface area contributed by atoms with Crippen LogP contribution in [0.5, 0.6) is 0 Å². The summed E-state index contributed by atoms with van der Waals surface area (Å²) in [5.74, 6) is -0.265. The first-order valence-electron chi connectivity index (χ1n) is 6.42. The number of pyridine rings is 1. The summed E-state index contributed by atoms with van der Waals surface area (Å²) in [7, 11) is -2.27. The summed E-state index contributed by atoms with van der Waals surface area (Å²) in [5, 5.41) is 8.60. The van der Waals surface area contributed by atoms with E-state index < -0.39 is 10.0 Å². The molecular formula is C13H17N3O4S. The van der Waals surface area contributed by atoms with Gasteiger partial charge in [-0.25, -0.2) is 18.1 Å². The summed E-state index contributed by atoms with van der Waals surface area (Å²) in [4.78, 5) is 14.6. The topological polar surface area (TPSA) is 109 Å². The number of carbonyl (C=O) groups is 1. The average molecular weight is 311 g/mol. The second kappa shape index (κ2) is 8.34. The number of ether oxygens (including phenoxy) is 1. The number of rotatable bonds is 8. The first-order valence-corrected chi connectivity index (χ1v) is 7.90. The van der Waals surface area contributed by atoms with Crippen molar-refractivity contribution in [3.8, 4) is 6.07 Å². The molecule has 0 bridgehead atoms. The lowest BCUT2D eigenvalue weighted by atomic mass is 10.2. The molecule has 0 aromatic carbocycles. The number of sulfonamides is 1. The van der Waals surface area contributed by atoms with Crippen LogP contribution in [0.15, 0.2) is 23.2 Å². The highest BCUT2D eigenvalue weighted by molar-refractivity contribution is 7.89. The number of hydrogen-bond donors (Lipinski definition) is 1. The van der Waals surface area contributed by atoms with Crippen LogP contribution in [0.2, 0.25) is 0 Å². The number of hydrogen-bond acceptors (Lipinski definition) is 6. The Balaban J connectivity index is 2.36. The van der Waals surface area contributed by atoms with Gasteiger partial charge in [0.25, 0.3) is 0 Å². The second-order valence-electron chi connectivity index (χ2n) is 4.28. The molecule has 1 N–H and O–H groups in total. The SMILES string of the molecule is COC(=O)CCCCCNS(=O)(=O)c1ccc(C#N)nc1. The molecule has 1 heterocycles. The van der Waals surface area contributed by atoms with Crippen LogP contribution in [0.3, 0.4) is 0 Å². The number of carbonyl (C=O) groups excluding carboxylic acids is 1. The van der Waals surface area contributed by atoms with Crippen LogP contribution < -0.4 is 4.72 Å². The van der Waals surface area contributed by atoms with Crippen LogP contribution in [0.25, 0.3) is 0 Å². The maximum atomic E-state index is 11.9. The van der Waals surface area contributed by atoms with Crippen molar-refractivity contribution in [3.05, 3.63) is 24.0 Å². The molecule has 0 radical (unpaired) electrons. The third-order valence-electron chi connectivity index (χ3n) is 2.74. The summed E-state index contributed by atoms with van der Waals surface area (Å²) < 4.78 is 30.8. The van der Waals surface area contributed by atoms with Crippen LogP contribution >= 0.6 is 0 Å². The highest BCUT2D eigenvalue weighted by Gasteiger charge is 2.13. The molecule has 1 rings (SSSR count). The van der Waals surface area contributed by atoms with Crippen molar-refractivity contribution < 1.29 is 17.9 Å². The van der Waals surface area contributed by atoms with E-state index >= 15 is 0 Å². The van der Waals surface area contributed by atoms with Crippen molar-refractivity contribution in [2.75, 3.05) is 13.7 Å². The lowest BCUT2D eigenvalue weighted by Gasteiger charge is -2.06. The molecule has 0 saturated heterocycles. The molecule has 0 amide bonds. The molecule has 0 spiro atoms. The van der Waals surface area contributed by atoms with E-state index in [-0.39, 0.29) is 23.1 Å². The quantitative estimate of drug-likeness (QED) is 0.566. The van der Waals surface area contributed by atoms with Crippen LogP contribution in [0, 0.1) is 11.3 Å². The molecule has 0 atom stereocenters. The van der Waals surface area contributed by atoms with Crippen LogP contribution in [-0.2, 0) is 19.6 Å². The van der Waals surface area contributed by atoms with Crippen LogP contribution in [0.4, 0.5) is 0 Å². The number of unbranched alkanes of at least 4 members (excludes halogenated alkanes) is 2. The zero-order valence-electron chi connectivity index (χ0n) is 11.7. The molecule has 0 aliphatic rings. The van der Waals surface area contributed by atoms with Crippen molar-refractivity contribution in [1.29, 1.82) is 5.26 Å². The zero-order chi connectivity index (χ0) is 15.7. The average Bonchev–Trinajstić information content (AvgIpc) is 2.50. The van der Waals surface area contributed by atoms with Gasteiger partial charge in [-0.1, -0.05) is 6.42 Å². The summed E-state index contributed by atoms with van der Waals surface area (Å²) in [5.41, 5.74) is 0.164. The van der Waals surface area contributed by atoms with E-state index in [4.69, 9.17) is 5.26 Å². The molecule has 0 aliphatic heterocycles. The van der Waals surface area contributed by atoms with E-state index in [1.807, 2.05) is 6.07 Å². The van der Waals surface area contributed by atoms with Crippen LogP contribution in [0.1, 0.15) is 31.4 Å². The zero-order valence-corrected chi connectivity index (χ0v) is 12.5. The normalized spacial score (nSPS) is 10.9. The second-order valence-corrected chi connectivity index (χ2v) is 6.04. The minimum absolute atomic E-state index is 0.0241. The van der Waals surface area contributed by atoms with Gasteiger partial charge in [0.05, 0.1) is 7.11 Å². The Bertz CT molecular complexity index is 605. The first-order chi connectivity index (χ1) is 9.99. The lowest BCUT2D eigenvalue weighted by Crippen LogP contribution is -2.25. The van der Waals surface area contributed by atoms with Gasteiger partial charge in [0.15, 0.2) is 0 Å². The van der Waals surface area contributed by atoms with Crippen molar-refractivity contribution in [1.82, 2.24) is 9.71 Å². The first kappa shape index (κ1) is 17.1. The Labute approximate surface area is 124 Å². The molecule has 1 aromatic rings. The Hall–Kier alpha value is -1.98. The third kappa shape index (κ3) is 5.89. The highest BCUT2D eigenvalue weighted by Crippen LogP contribution is 2.08. The van der Waals surface area contributed by atoms with Gasteiger partial charge in [0.1, 0.15) is 16.7 Å². The van der Waals surface area contributed by atoms with E-state index in [1.54, 1.807) is 0 Å². The van der Waals surface area contributed by atoms with E-state index in [0.717, 1.165) is 12.6 Å². The Morgan fingerprint density at radius 1 is 1.38 bits per heavy atom. The number of nitrogens with zero attached hydrogens (tertiary/aromatic N) is 2. The molecular weight excluding hydrogens is 294 g/mol. The van der Waals surface area contributed by atoms with Crippen molar-refractivity contribution in [2.45, 2.75) is 30.6 Å². The van der Waals surface area contributed by atoms with E-state index in [1.165, 1.54) is 19.2 Å². The maximum Gasteiger partial charge on any atom is 0.305 e. The minimum atomic E-state index is -3.61. The number of aromatic nitrogens is 1. The van der Waals surface area contributed by atoms with Crippen LogP contribution in [-0.4, -0.2) is 33.0 Å². The summed E-state index contributed by atoms with van der Waals surface area (Å²) >= 11 is 0. The fourth-order valence-electron chi connectivity index (χ4n) is 1.57. The number of esters is 1. The maximum absolute atomic E-state index is 11.9. The Kier molecular flexibility index (Phi) is 6.78. The van der Waals surface area contributed by atoms with Gasteiger partial charge >= 0.3 is 5.97 Å². The minimum Gasteiger partial charge on any atom is -0.469 e. The molecule has 114 valence electrons. The van der Waals surface area contributed by atoms with Crippen molar-refractivity contribution >= 4 is 16.0 Å². The molecule has 0 unspecified atom stereocenters. The standard InChI is InChI=1S/C13H17N3O4S/c1-20-13(17)5-3-2-4-8-16-21(18,19)12-7-6-11(9-14)15-10-12/h6-7,10,16H,2-5,8H2,1H3. The largest absolute Gasteiger partial charge is 0.469 e. The van der Waals surface area contributed by atoms with Gasteiger partial charge in [0, 0.05) is 19.2 Å². The third-order valence-corrected chi connectivity index (χ3v) is 4.18. The molecule has 0 aliphatic carbocycles. The van der Waals surface area contributed by atoms with Gasteiger partial charge in [-0.05, 0) is 25.0 Å². The predicted octanol–water partition coefficient (Wildman–Crippen LogP) is 0.965. The van der Waals surface area contributed by atoms with Gasteiger partial charge < -0.3 is 4.74 Å². The summed E-state index contributed by atoms with van der Waals surface area (Å²) in [6, 6.07) is 4.51. The van der Waals surface area contributed by atoms with E-state index in [0.29, 0.717) is 19.3 Å². The molecule has 21 heavy (non-hydrogen) atoms. The molecule has 0 saturated carbocycles. The Morgan fingerprint density at radius 3 is 2.71 bits per heavy atom. The molecule has 0 fully saturated rings. The fraction of sp³-hybridized carbons (Fsp3) is 0.462. The monoisotopic (exact) mass is 311 g/mol. The van der Waals surface area contributed by atoms with E-state index in [2.05, 4.69) is 14.4 Å². The van der Waals surface area contributed by atoms with E-state index in [9.17, 15) is 13.2 Å². The molecule has 1 aromatic heterocycles. The lowest BCUT2D eigenvalue weighted by molar-refractivity contribution is -0.140. The van der Waals surface area contributed by atoms with Gasteiger partial charge in [0.2, 0.25) is 10.0 Å². The highest BCUT2D eigenvalue weighted by atomic mass is 32.2. The fourth-order valence-corrected chi connectivity index (χ4v) is 2.59. The molecule has 7 nitrogen and oxygen atoms in total. The number of nitriles is 1. The number of methoxy groups -OCH3 is 1. The summed E-state index contributed by atoms with van der Waals surface area (Å²) in [6.45, 7) is 0.281. The number of nitrogens with one attached hydrogen (secondary N) is 1. The molecule has 8 heteroatoms. The van der Waals surface area contributed by atoms with Gasteiger partial charge in [-0.2, -0.15) is 5.26 Å². The Morgan fingerprint density at radius 2 is 2.14 bits per heavy atom. The summed E-state index contributed by atoms with van der Waals surface area (Å²) in [6.07, 6.45) is 3.50. The van der Waals surface area contributed by atoms with Crippen molar-refractivity contribution in [3.63, 3.8) is 0 Å². The van der Waals surface area contributed by atoms with Gasteiger partial charge in [-0.15, -0.1) is 0 Å². The van der Waals surface area contributed by atoms with Gasteiger partial charge in [-0.3, -0.25) is 4.79 Å². The van der Waals surface area contributed by atoms with Crippen molar-refractivity contribution in [2.24, 2.45) is 0 Å².